The van der Waals surface area contributed by atoms with E-state index in [9.17, 15) is 4.79 Å². The molecule has 98 valence electrons. The Morgan fingerprint density at radius 1 is 1.61 bits per heavy atom. The van der Waals surface area contributed by atoms with Gasteiger partial charge in [0.1, 0.15) is 5.75 Å². The van der Waals surface area contributed by atoms with E-state index in [1.165, 1.54) is 0 Å². The number of ketones is 1. The van der Waals surface area contributed by atoms with Crippen LogP contribution in [0.2, 0.25) is 5.02 Å². The molecule has 1 aromatic carbocycles. The van der Waals surface area contributed by atoms with Crippen LogP contribution in [0.4, 0.5) is 0 Å². The van der Waals surface area contributed by atoms with Gasteiger partial charge in [0.15, 0.2) is 5.78 Å². The molecule has 1 heterocycles. The minimum absolute atomic E-state index is 0.0579. The van der Waals surface area contributed by atoms with Gasteiger partial charge in [-0.05, 0) is 18.2 Å². The van der Waals surface area contributed by atoms with E-state index >= 15 is 0 Å². The van der Waals surface area contributed by atoms with Crippen molar-refractivity contribution < 1.29 is 14.3 Å². The smallest absolute Gasteiger partial charge is 0.164 e. The van der Waals surface area contributed by atoms with Crippen molar-refractivity contribution in [3.8, 4) is 5.75 Å². The fourth-order valence-electron chi connectivity index (χ4n) is 1.93. The third-order valence-corrected chi connectivity index (χ3v) is 3.20. The maximum Gasteiger partial charge on any atom is 0.164 e. The van der Waals surface area contributed by atoms with E-state index in [1.54, 1.807) is 25.3 Å². The number of hydrogen-bond acceptors (Lipinski definition) is 4. The molecule has 1 unspecified atom stereocenters. The van der Waals surface area contributed by atoms with Crippen LogP contribution in [0, 0.1) is 0 Å². The molecule has 18 heavy (non-hydrogen) atoms. The molecule has 0 aliphatic carbocycles. The van der Waals surface area contributed by atoms with Crippen molar-refractivity contribution in [3.63, 3.8) is 0 Å². The summed E-state index contributed by atoms with van der Waals surface area (Å²) in [5, 5.41) is 3.71. The van der Waals surface area contributed by atoms with E-state index in [0.717, 1.165) is 6.54 Å². The van der Waals surface area contributed by atoms with E-state index in [2.05, 4.69) is 5.32 Å². The van der Waals surface area contributed by atoms with Gasteiger partial charge in [-0.15, -0.1) is 0 Å². The SMILES string of the molecule is COc1ccc(C(=O)CC2COCCN2)cc1Cl. The summed E-state index contributed by atoms with van der Waals surface area (Å²) >= 11 is 6.00. The number of carbonyl (C=O) groups excluding carboxylic acids is 1. The number of ether oxygens (including phenoxy) is 2. The van der Waals surface area contributed by atoms with Crippen LogP contribution >= 0.6 is 11.6 Å². The summed E-state index contributed by atoms with van der Waals surface area (Å²) in [6.07, 6.45) is 0.419. The standard InChI is InChI=1S/C13H16ClNO3/c1-17-13-3-2-9(6-11(13)14)12(16)7-10-8-18-5-4-15-10/h2-3,6,10,15H,4-5,7-8H2,1H3. The average Bonchev–Trinajstić information content (AvgIpc) is 2.39. The van der Waals surface area contributed by atoms with Gasteiger partial charge in [0.25, 0.3) is 0 Å². The number of morpholine rings is 1. The molecule has 1 aliphatic heterocycles. The lowest BCUT2D eigenvalue weighted by Gasteiger charge is -2.23. The molecule has 0 aromatic heterocycles. The van der Waals surface area contributed by atoms with Crippen LogP contribution in [0.3, 0.4) is 0 Å². The van der Waals surface area contributed by atoms with Gasteiger partial charge in [-0.3, -0.25) is 4.79 Å². The highest BCUT2D eigenvalue weighted by Crippen LogP contribution is 2.25. The van der Waals surface area contributed by atoms with Gasteiger partial charge < -0.3 is 14.8 Å². The first kappa shape index (κ1) is 13.3. The van der Waals surface area contributed by atoms with E-state index in [1.807, 2.05) is 0 Å². The Kier molecular flexibility index (Phi) is 4.58. The van der Waals surface area contributed by atoms with Crippen molar-refractivity contribution in [3.05, 3.63) is 28.8 Å². The van der Waals surface area contributed by atoms with Gasteiger partial charge >= 0.3 is 0 Å². The molecule has 5 heteroatoms. The minimum Gasteiger partial charge on any atom is -0.495 e. The van der Waals surface area contributed by atoms with Crippen LogP contribution in [-0.2, 0) is 4.74 Å². The molecule has 0 saturated carbocycles. The van der Waals surface area contributed by atoms with Crippen molar-refractivity contribution in [2.45, 2.75) is 12.5 Å². The maximum atomic E-state index is 12.1. The van der Waals surface area contributed by atoms with E-state index in [0.29, 0.717) is 36.0 Å². The molecule has 2 rings (SSSR count). The van der Waals surface area contributed by atoms with Crippen molar-refractivity contribution in [2.24, 2.45) is 0 Å². The van der Waals surface area contributed by atoms with Crippen LogP contribution in [0.25, 0.3) is 0 Å². The van der Waals surface area contributed by atoms with Crippen molar-refractivity contribution in [2.75, 3.05) is 26.9 Å². The van der Waals surface area contributed by atoms with E-state index < -0.39 is 0 Å². The molecular formula is C13H16ClNO3. The molecule has 1 aromatic rings. The number of hydrogen-bond donors (Lipinski definition) is 1. The van der Waals surface area contributed by atoms with Crippen LogP contribution < -0.4 is 10.1 Å². The summed E-state index contributed by atoms with van der Waals surface area (Å²) in [7, 11) is 1.55. The van der Waals surface area contributed by atoms with Crippen molar-refractivity contribution in [1.29, 1.82) is 0 Å². The Bertz CT molecular complexity index is 430. The highest BCUT2D eigenvalue weighted by molar-refractivity contribution is 6.32. The van der Waals surface area contributed by atoms with Gasteiger partial charge in [0.05, 0.1) is 25.3 Å². The number of halogens is 1. The third-order valence-electron chi connectivity index (χ3n) is 2.90. The molecule has 0 radical (unpaired) electrons. The molecule has 0 bridgehead atoms. The van der Waals surface area contributed by atoms with Gasteiger partial charge in [0.2, 0.25) is 0 Å². The first-order valence-electron chi connectivity index (χ1n) is 5.88. The first-order valence-corrected chi connectivity index (χ1v) is 6.26. The summed E-state index contributed by atoms with van der Waals surface area (Å²) in [6, 6.07) is 5.18. The van der Waals surface area contributed by atoms with Crippen molar-refractivity contribution in [1.82, 2.24) is 5.32 Å². The van der Waals surface area contributed by atoms with Gasteiger partial charge in [-0.25, -0.2) is 0 Å². The zero-order valence-electron chi connectivity index (χ0n) is 10.2. The average molecular weight is 270 g/mol. The first-order chi connectivity index (χ1) is 8.70. The molecule has 1 fully saturated rings. The normalized spacial score (nSPS) is 19.6. The molecule has 0 spiro atoms. The summed E-state index contributed by atoms with van der Waals surface area (Å²) in [5.74, 6) is 0.634. The van der Waals surface area contributed by atoms with Crippen LogP contribution in [0.15, 0.2) is 18.2 Å². The predicted octanol–water partition coefficient (Wildman–Crippen LogP) is 1.91. The molecule has 1 saturated heterocycles. The lowest BCUT2D eigenvalue weighted by Crippen LogP contribution is -2.42. The zero-order valence-corrected chi connectivity index (χ0v) is 11.0. The van der Waals surface area contributed by atoms with Gasteiger partial charge in [0, 0.05) is 24.6 Å². The molecule has 1 aliphatic rings. The molecule has 0 amide bonds. The maximum absolute atomic E-state index is 12.1. The topological polar surface area (TPSA) is 47.6 Å². The monoisotopic (exact) mass is 269 g/mol. The second-order valence-corrected chi connectivity index (χ2v) is 4.61. The van der Waals surface area contributed by atoms with E-state index in [4.69, 9.17) is 21.1 Å². The zero-order chi connectivity index (χ0) is 13.0. The lowest BCUT2D eigenvalue weighted by molar-refractivity contribution is 0.0676. The molecule has 1 atom stereocenters. The summed E-state index contributed by atoms with van der Waals surface area (Å²) in [6.45, 7) is 2.08. The third kappa shape index (κ3) is 3.22. The lowest BCUT2D eigenvalue weighted by atomic mass is 10.0. The summed E-state index contributed by atoms with van der Waals surface area (Å²) < 4.78 is 10.4. The Hall–Kier alpha value is -1.10. The predicted molar refractivity (Wildman–Crippen MR) is 69.6 cm³/mol. The molecule has 4 nitrogen and oxygen atoms in total. The van der Waals surface area contributed by atoms with Crippen LogP contribution in [0.1, 0.15) is 16.8 Å². The van der Waals surface area contributed by atoms with Crippen molar-refractivity contribution >= 4 is 17.4 Å². The van der Waals surface area contributed by atoms with Gasteiger partial charge in [-0.1, -0.05) is 11.6 Å². The molecule has 1 N–H and O–H groups in total. The number of Topliss-reactive ketones (excluding diaryl/α,β-unsaturated/α-hetero) is 1. The van der Waals surface area contributed by atoms with Crippen LogP contribution in [0.5, 0.6) is 5.75 Å². The second kappa shape index (κ2) is 6.18. The highest BCUT2D eigenvalue weighted by atomic mass is 35.5. The van der Waals surface area contributed by atoms with Gasteiger partial charge in [-0.2, -0.15) is 0 Å². The summed E-state index contributed by atoms with van der Waals surface area (Å²) in [4.78, 5) is 12.1. The number of rotatable bonds is 4. The fourth-order valence-corrected chi connectivity index (χ4v) is 2.19. The number of benzene rings is 1. The largest absolute Gasteiger partial charge is 0.495 e. The number of nitrogens with one attached hydrogen (secondary N) is 1. The Morgan fingerprint density at radius 3 is 3.06 bits per heavy atom. The highest BCUT2D eigenvalue weighted by Gasteiger charge is 2.18. The summed E-state index contributed by atoms with van der Waals surface area (Å²) in [5.41, 5.74) is 0.605. The van der Waals surface area contributed by atoms with Crippen LogP contribution in [-0.4, -0.2) is 38.7 Å². The fraction of sp³-hybridized carbons (Fsp3) is 0.462. The van der Waals surface area contributed by atoms with E-state index in [-0.39, 0.29) is 11.8 Å². The number of methoxy groups -OCH3 is 1. The Balaban J connectivity index is 2.01. The quantitative estimate of drug-likeness (QED) is 0.849. The Morgan fingerprint density at radius 2 is 2.44 bits per heavy atom. The minimum atomic E-state index is 0.0579. The number of carbonyl (C=O) groups is 1. The second-order valence-electron chi connectivity index (χ2n) is 4.20. The Labute approximate surface area is 111 Å². The molecular weight excluding hydrogens is 254 g/mol.